The van der Waals surface area contributed by atoms with Crippen molar-refractivity contribution in [3.8, 4) is 0 Å². The molecule has 0 heterocycles. The number of nitrogens with one attached hydrogen (secondary N) is 4. The van der Waals surface area contributed by atoms with E-state index in [9.17, 15) is 43.3 Å². The molecule has 0 radical (unpaired) electrons. The Kier molecular flexibility index (Phi) is 10.9. The number of carbonyl (C=O) groups is 2. The summed E-state index contributed by atoms with van der Waals surface area (Å²) in [5.41, 5.74) is -2.79. The average Bonchev–Trinajstić information content (AvgIpc) is 3.07. The van der Waals surface area contributed by atoms with E-state index in [1.807, 2.05) is 4.72 Å². The van der Waals surface area contributed by atoms with Crippen molar-refractivity contribution in [1.82, 2.24) is 20.1 Å². The van der Waals surface area contributed by atoms with Crippen molar-refractivity contribution in [3.05, 3.63) is 148 Å². The molecule has 2 atom stereocenters. The summed E-state index contributed by atoms with van der Waals surface area (Å²) in [4.78, 5) is 25.7. The molecule has 4 aromatic rings. The van der Waals surface area contributed by atoms with Crippen LogP contribution >= 0.6 is 0 Å². The van der Waals surface area contributed by atoms with Gasteiger partial charge in [-0.15, -0.1) is 0 Å². The van der Waals surface area contributed by atoms with E-state index in [0.29, 0.717) is 11.1 Å². The van der Waals surface area contributed by atoms with Gasteiger partial charge in [0.2, 0.25) is 20.0 Å². The van der Waals surface area contributed by atoms with Gasteiger partial charge in [0.1, 0.15) is 10.8 Å². The van der Waals surface area contributed by atoms with Crippen LogP contribution in [-0.2, 0) is 45.6 Å². The van der Waals surface area contributed by atoms with Crippen LogP contribution in [0.15, 0.2) is 136 Å². The van der Waals surface area contributed by atoms with Crippen molar-refractivity contribution >= 4 is 57.7 Å². The van der Waals surface area contributed by atoms with E-state index in [-0.39, 0.29) is 20.9 Å². The molecular weight excluding hydrogens is 781 g/mol. The lowest BCUT2D eigenvalue weighted by atomic mass is 9.79. The first-order valence-corrected chi connectivity index (χ1v) is 21.7. The monoisotopic (exact) mass is 814 g/mol. The molecule has 4 amide bonds. The van der Waals surface area contributed by atoms with E-state index < -0.39 is 79.1 Å². The summed E-state index contributed by atoms with van der Waals surface area (Å²) in [6, 6.07) is 21.8. The third kappa shape index (κ3) is 8.54. The van der Waals surface area contributed by atoms with Gasteiger partial charge in [0.15, 0.2) is 0 Å². The molecule has 284 valence electrons. The maximum Gasteiger partial charge on any atom is 0.332 e. The van der Waals surface area contributed by atoms with Crippen LogP contribution in [0.2, 0.25) is 0 Å². The Balaban J connectivity index is 1.77. The van der Waals surface area contributed by atoms with Crippen LogP contribution in [0.1, 0.15) is 22.3 Å². The zero-order chi connectivity index (χ0) is 39.7. The van der Waals surface area contributed by atoms with Crippen LogP contribution in [0.4, 0.5) is 9.59 Å². The molecule has 2 unspecified atom stereocenters. The number of nitrogens with two attached hydrogens (primary N) is 2. The minimum Gasteiger partial charge on any atom is -0.319 e. The van der Waals surface area contributed by atoms with Crippen molar-refractivity contribution in [1.29, 1.82) is 0 Å². The highest BCUT2D eigenvalue weighted by Gasteiger charge is 2.52. The summed E-state index contributed by atoms with van der Waals surface area (Å²) in [5, 5.41) is 13.8. The smallest absolute Gasteiger partial charge is 0.319 e. The fraction of sp³-hybridized carbons (Fsp3) is 0.118. The van der Waals surface area contributed by atoms with Crippen LogP contribution in [0, 0.1) is 13.8 Å². The van der Waals surface area contributed by atoms with Crippen molar-refractivity contribution in [3.63, 3.8) is 0 Å². The molecule has 16 nitrogen and oxygen atoms in total. The molecule has 54 heavy (non-hydrogen) atoms. The number of primary sulfonamides is 2. The maximum atomic E-state index is 13.8. The van der Waals surface area contributed by atoms with E-state index in [1.54, 1.807) is 18.6 Å². The van der Waals surface area contributed by atoms with E-state index in [2.05, 4.69) is 10.6 Å². The van der Waals surface area contributed by atoms with E-state index in [4.69, 9.17) is 10.3 Å². The van der Waals surface area contributed by atoms with Gasteiger partial charge >= 0.3 is 12.1 Å². The summed E-state index contributed by atoms with van der Waals surface area (Å²) in [6.45, 7) is 3.41. The van der Waals surface area contributed by atoms with Gasteiger partial charge in [-0.05, 0) is 55.3 Å². The Bertz CT molecular complexity index is 2620. The normalized spacial score (nSPS) is 17.9. The number of hydrogen-bond acceptors (Lipinski definition) is 10. The van der Waals surface area contributed by atoms with Gasteiger partial charge in [-0.3, -0.25) is 0 Å². The molecule has 0 aliphatic heterocycles. The number of rotatable bonds is 10. The van der Waals surface area contributed by atoms with Gasteiger partial charge in [-0.1, -0.05) is 96.1 Å². The van der Waals surface area contributed by atoms with Gasteiger partial charge in [-0.25, -0.2) is 63.0 Å². The SMILES string of the molecule is Cc1ccc(S(=O)(=O)NC(=O)NC2=CC(NC(=O)NS(=O)(=O)c3ccc(C)cc3)(c3ccccc3)C(S(N)(=O)=O)=C(c3ccccc3)C2S(N)(=O)=O)cc1. The molecule has 0 spiro atoms. The fourth-order valence-corrected chi connectivity index (χ4v) is 9.99. The summed E-state index contributed by atoms with van der Waals surface area (Å²) < 4.78 is 111. The summed E-state index contributed by atoms with van der Waals surface area (Å²) in [6.07, 6.45) is 0.791. The number of urea groups is 2. The number of hydrogen-bond donors (Lipinski definition) is 6. The predicted octanol–water partition coefficient (Wildman–Crippen LogP) is 2.13. The zero-order valence-electron chi connectivity index (χ0n) is 28.4. The molecule has 20 heteroatoms. The zero-order valence-corrected chi connectivity index (χ0v) is 31.7. The molecule has 1 aliphatic rings. The minimum absolute atomic E-state index is 0.115. The first-order chi connectivity index (χ1) is 25.1. The van der Waals surface area contributed by atoms with Crippen LogP contribution in [0.3, 0.4) is 0 Å². The third-order valence-corrected chi connectivity index (χ3v) is 13.1. The van der Waals surface area contributed by atoms with Gasteiger partial charge < -0.3 is 10.6 Å². The van der Waals surface area contributed by atoms with Gasteiger partial charge in [0.05, 0.1) is 14.7 Å². The third-order valence-electron chi connectivity index (χ3n) is 8.13. The number of aryl methyl sites for hydroxylation is 2. The lowest BCUT2D eigenvalue weighted by molar-refractivity contribution is 0.240. The van der Waals surface area contributed by atoms with Gasteiger partial charge in [0, 0.05) is 11.3 Å². The van der Waals surface area contributed by atoms with Crippen LogP contribution < -0.4 is 30.4 Å². The molecule has 0 aromatic heterocycles. The second-order valence-electron chi connectivity index (χ2n) is 12.1. The minimum atomic E-state index is -5.14. The average molecular weight is 815 g/mol. The number of carbonyl (C=O) groups excluding carboxylic acids is 2. The highest BCUT2D eigenvalue weighted by molar-refractivity contribution is 7.94. The van der Waals surface area contributed by atoms with Crippen LogP contribution in [-0.4, -0.2) is 51.0 Å². The first-order valence-electron chi connectivity index (χ1n) is 15.6. The quantitative estimate of drug-likeness (QED) is 0.136. The Morgan fingerprint density at radius 1 is 0.611 bits per heavy atom. The number of sulfonamides is 4. The van der Waals surface area contributed by atoms with Crippen molar-refractivity contribution in [2.24, 2.45) is 10.3 Å². The summed E-state index contributed by atoms with van der Waals surface area (Å²) >= 11 is 0. The first kappa shape index (κ1) is 39.8. The molecule has 0 saturated carbocycles. The highest BCUT2D eigenvalue weighted by Crippen LogP contribution is 2.46. The number of benzene rings is 4. The molecular formula is C34H34N6O10S4. The Hall–Kier alpha value is -5.38. The van der Waals surface area contributed by atoms with Gasteiger partial charge in [0.25, 0.3) is 20.0 Å². The predicted molar refractivity (Wildman–Crippen MR) is 200 cm³/mol. The molecule has 1 aliphatic carbocycles. The maximum absolute atomic E-state index is 13.8. The second-order valence-corrected chi connectivity index (χ2v) is 18.7. The van der Waals surface area contributed by atoms with Crippen molar-refractivity contribution < 1.29 is 43.3 Å². The van der Waals surface area contributed by atoms with Crippen LogP contribution in [0.25, 0.3) is 5.57 Å². The summed E-state index contributed by atoms with van der Waals surface area (Å²) in [7, 11) is -19.3. The molecule has 0 fully saturated rings. The Morgan fingerprint density at radius 2 is 1.06 bits per heavy atom. The molecule has 5 rings (SSSR count). The summed E-state index contributed by atoms with van der Waals surface area (Å²) in [5.74, 6) is 0. The molecule has 0 saturated heterocycles. The lowest BCUT2D eigenvalue weighted by Gasteiger charge is -2.41. The molecule has 8 N–H and O–H groups in total. The molecule has 0 bridgehead atoms. The highest BCUT2D eigenvalue weighted by atomic mass is 32.2. The Labute approximate surface area is 312 Å². The molecule has 4 aromatic carbocycles. The lowest BCUT2D eigenvalue weighted by Crippen LogP contribution is -2.57. The standard InChI is InChI=1S/C34H34N6O10S4/c1-22-13-17-26(18-14-22)53(47,48)39-32(41)37-28-21-34(25-11-7-4-8-12-25,38-33(42)40-54(49,50)27-19-15-23(2)16-20-27)31(52(36,45)46)29(30(28)51(35,43)44)24-9-5-3-6-10-24/h3-21,30H,1-2H3,(H2,35,43,44)(H2,36,45,46)(H2,37,39,41)(H2,38,40,42). The van der Waals surface area contributed by atoms with E-state index >= 15 is 0 Å². The largest absolute Gasteiger partial charge is 0.332 e. The fourth-order valence-electron chi connectivity index (χ4n) is 5.82. The van der Waals surface area contributed by atoms with Crippen LogP contribution in [0.5, 0.6) is 0 Å². The second kappa shape index (κ2) is 14.8. The van der Waals surface area contributed by atoms with Crippen molar-refractivity contribution in [2.75, 3.05) is 0 Å². The van der Waals surface area contributed by atoms with Gasteiger partial charge in [-0.2, -0.15) is 0 Å². The topological polar surface area (TPSA) is 271 Å². The van der Waals surface area contributed by atoms with E-state index in [0.717, 1.165) is 6.08 Å². The van der Waals surface area contributed by atoms with Crippen molar-refractivity contribution in [2.45, 2.75) is 34.4 Å². The Morgan fingerprint density at radius 3 is 1.50 bits per heavy atom. The number of amides is 4. The van der Waals surface area contributed by atoms with E-state index in [1.165, 1.54) is 109 Å².